The predicted octanol–water partition coefficient (Wildman–Crippen LogP) is 0.871. The van der Waals surface area contributed by atoms with E-state index in [1.807, 2.05) is 0 Å². The third-order valence-electron chi connectivity index (χ3n) is 1.14. The fraction of sp³-hybridized carbons (Fsp3) is 1.00. The molecule has 0 heterocycles. The molecule has 0 amide bonds. The number of rotatable bonds is 10. The summed E-state index contributed by atoms with van der Waals surface area (Å²) < 4.78 is 19.7. The van der Waals surface area contributed by atoms with Crippen molar-refractivity contribution >= 4 is 12.6 Å². The molecule has 0 aliphatic carbocycles. The van der Waals surface area contributed by atoms with Crippen LogP contribution in [0.4, 0.5) is 0 Å². The van der Waals surface area contributed by atoms with E-state index in [0.29, 0.717) is 18.8 Å². The summed E-state index contributed by atoms with van der Waals surface area (Å²) in [6.07, 6.45) is 0.712. The summed E-state index contributed by atoms with van der Waals surface area (Å²) in [4.78, 5) is 13.4. The molecule has 7 nitrogen and oxygen atoms in total. The minimum atomic E-state index is -4.07. The first-order chi connectivity index (χ1) is 7.24. The summed E-state index contributed by atoms with van der Waals surface area (Å²) in [5.74, 6) is 0.672. The molecule has 92 valence electrons. The maximum atomic E-state index is 5.29. The first kappa shape index (κ1) is 15.8. The Labute approximate surface area is 99.3 Å². The summed E-state index contributed by atoms with van der Waals surface area (Å²) >= 11 is -0.0390. The molecule has 0 saturated heterocycles. The first-order valence-corrected chi connectivity index (χ1v) is 7.33. The predicted molar refractivity (Wildman–Crippen MR) is 48.7 cm³/mol. The van der Waals surface area contributed by atoms with Gasteiger partial charge in [-0.2, -0.15) is 0 Å². The van der Waals surface area contributed by atoms with Crippen LogP contribution in [0, 0.1) is 0 Å². The Morgan fingerprint density at radius 2 is 1.40 bits per heavy atom. The quantitative estimate of drug-likeness (QED) is 0.209. The second-order valence-corrected chi connectivity index (χ2v) is 5.42. The Kier molecular flexibility index (Phi) is 10.5. The van der Waals surface area contributed by atoms with E-state index in [4.69, 9.17) is 13.7 Å². The van der Waals surface area contributed by atoms with Crippen molar-refractivity contribution in [2.75, 3.05) is 33.7 Å². The van der Waals surface area contributed by atoms with Crippen molar-refractivity contribution in [2.24, 2.45) is 0 Å². The molecule has 0 radical (unpaired) electrons. The number of hydrogen-bond donors (Lipinski definition) is 1. The summed E-state index contributed by atoms with van der Waals surface area (Å²) in [5.41, 5.74) is 0. The molecule has 0 aromatic carbocycles. The molecule has 0 aromatic heterocycles. The average molecular weight is 280 g/mol. The zero-order chi connectivity index (χ0) is 11.6. The van der Waals surface area contributed by atoms with Crippen molar-refractivity contribution in [2.45, 2.75) is 6.42 Å². The Morgan fingerprint density at radius 3 is 1.73 bits per heavy atom. The standard InChI is InChI=1S/C3H7OS.3CH4O2.Ti/c4-2-1-3-5;3*1-3-2;/h5H,1-3H2;3*2H,1H3;/q-1;;;;+4/p-3. The normalized spacial score (nSPS) is 12.0. The molecule has 0 aliphatic heterocycles. The van der Waals surface area contributed by atoms with Crippen LogP contribution in [-0.4, -0.2) is 33.7 Å². The third-order valence-corrected chi connectivity index (χ3v) is 4.06. The molecule has 15 heavy (non-hydrogen) atoms. The van der Waals surface area contributed by atoms with Crippen molar-refractivity contribution in [3.63, 3.8) is 0 Å². The summed E-state index contributed by atoms with van der Waals surface area (Å²) in [6.45, 7) is 0.347. The SMILES string of the molecule is CO[O][Ti]([O]CCCS)([O]OC)[O]OC. The van der Waals surface area contributed by atoms with Crippen molar-refractivity contribution in [3.8, 4) is 0 Å². The second-order valence-electron chi connectivity index (χ2n) is 2.18. The van der Waals surface area contributed by atoms with Gasteiger partial charge in [0.2, 0.25) is 0 Å². The van der Waals surface area contributed by atoms with Crippen molar-refractivity contribution in [1.29, 1.82) is 0 Å². The van der Waals surface area contributed by atoms with Gasteiger partial charge in [-0.25, -0.2) is 0 Å². The Morgan fingerprint density at radius 1 is 0.933 bits per heavy atom. The second kappa shape index (κ2) is 9.97. The molecule has 0 aromatic rings. The summed E-state index contributed by atoms with van der Waals surface area (Å²) in [6, 6.07) is 0. The molecule has 0 atom stereocenters. The van der Waals surface area contributed by atoms with Gasteiger partial charge >= 0.3 is 99.3 Å². The van der Waals surface area contributed by atoms with Gasteiger partial charge in [-0.3, -0.25) is 0 Å². The molecular weight excluding hydrogens is 264 g/mol. The Balaban J connectivity index is 4.18. The molecule has 0 spiro atoms. The van der Waals surface area contributed by atoms with E-state index in [-0.39, 0.29) is 0 Å². The topological polar surface area (TPSA) is 64.6 Å². The summed E-state index contributed by atoms with van der Waals surface area (Å²) in [5, 5.41) is 0. The molecule has 9 heteroatoms. The van der Waals surface area contributed by atoms with Crippen molar-refractivity contribution in [3.05, 3.63) is 0 Å². The van der Waals surface area contributed by atoms with E-state index in [1.54, 1.807) is 0 Å². The monoisotopic (exact) mass is 280 g/mol. The van der Waals surface area contributed by atoms with Gasteiger partial charge in [-0.1, -0.05) is 0 Å². The fourth-order valence-corrected chi connectivity index (χ4v) is 2.74. The van der Waals surface area contributed by atoms with Crippen LogP contribution >= 0.6 is 12.6 Å². The van der Waals surface area contributed by atoms with E-state index in [2.05, 4.69) is 27.3 Å². The first-order valence-electron chi connectivity index (χ1n) is 4.15. The van der Waals surface area contributed by atoms with Gasteiger partial charge in [0.15, 0.2) is 0 Å². The Bertz CT molecular complexity index is 132. The van der Waals surface area contributed by atoms with Crippen molar-refractivity contribution < 1.29 is 46.5 Å². The van der Waals surface area contributed by atoms with Gasteiger partial charge in [0.05, 0.1) is 0 Å². The van der Waals surface area contributed by atoms with Gasteiger partial charge in [0.25, 0.3) is 0 Å². The zero-order valence-corrected chi connectivity index (χ0v) is 11.4. The average Bonchev–Trinajstić information content (AvgIpc) is 2.19. The van der Waals surface area contributed by atoms with E-state index in [0.717, 1.165) is 0 Å². The van der Waals surface area contributed by atoms with E-state index in [1.165, 1.54) is 21.3 Å². The number of thiol groups is 1. The molecule has 0 unspecified atom stereocenters. The minimum absolute atomic E-state index is 0.347. The van der Waals surface area contributed by atoms with Crippen LogP contribution in [0.3, 0.4) is 0 Å². The van der Waals surface area contributed by atoms with Crippen LogP contribution < -0.4 is 0 Å². The van der Waals surface area contributed by atoms with Crippen molar-refractivity contribution in [1.82, 2.24) is 0 Å². The molecule has 0 fully saturated rings. The van der Waals surface area contributed by atoms with Crippen LogP contribution in [0.5, 0.6) is 0 Å². The maximum absolute atomic E-state index is 5.29. The Hall–Kier alpha value is 0.784. The van der Waals surface area contributed by atoms with Gasteiger partial charge in [0, 0.05) is 0 Å². The van der Waals surface area contributed by atoms with E-state index in [9.17, 15) is 0 Å². The molecule has 0 N–H and O–H groups in total. The fourth-order valence-electron chi connectivity index (χ4n) is 0.682. The number of hydrogen-bond acceptors (Lipinski definition) is 8. The summed E-state index contributed by atoms with van der Waals surface area (Å²) in [7, 11) is 3.92. The molecular formula is C6H16O7STi. The molecule has 0 bridgehead atoms. The van der Waals surface area contributed by atoms with Gasteiger partial charge in [-0.05, 0) is 0 Å². The third kappa shape index (κ3) is 6.85. The molecule has 0 aliphatic rings. The van der Waals surface area contributed by atoms with Crippen LogP contribution in [0.15, 0.2) is 0 Å². The van der Waals surface area contributed by atoms with E-state index >= 15 is 0 Å². The molecule has 0 rings (SSSR count). The van der Waals surface area contributed by atoms with Crippen LogP contribution in [0.1, 0.15) is 6.42 Å². The van der Waals surface area contributed by atoms with Gasteiger partial charge in [-0.15, -0.1) is 0 Å². The van der Waals surface area contributed by atoms with Gasteiger partial charge in [0.1, 0.15) is 0 Å². The van der Waals surface area contributed by atoms with Crippen LogP contribution in [0.2, 0.25) is 0 Å². The van der Waals surface area contributed by atoms with Crippen LogP contribution in [-0.2, 0) is 46.5 Å². The van der Waals surface area contributed by atoms with Gasteiger partial charge < -0.3 is 0 Å². The van der Waals surface area contributed by atoms with Crippen LogP contribution in [0.25, 0.3) is 0 Å². The van der Waals surface area contributed by atoms with E-state index < -0.39 is 18.1 Å². The molecule has 0 saturated carbocycles. The zero-order valence-electron chi connectivity index (χ0n) is 8.93.